The second kappa shape index (κ2) is 4.21. The molecular weight excluding hydrogens is 238 g/mol. The molecule has 1 amide bonds. The van der Waals surface area contributed by atoms with Crippen molar-refractivity contribution in [2.45, 2.75) is 20.0 Å². The van der Waals surface area contributed by atoms with Crippen molar-refractivity contribution in [2.24, 2.45) is 5.73 Å². The molecule has 0 bridgehead atoms. The molecule has 2 aromatic rings. The molecule has 0 spiro atoms. The number of carbonyl (C=O) groups excluding carboxylic acids is 1. The highest BCUT2D eigenvalue weighted by Crippen LogP contribution is 2.38. The number of amides is 1. The van der Waals surface area contributed by atoms with Crippen LogP contribution >= 0.6 is 11.3 Å². The molecule has 0 radical (unpaired) electrons. The van der Waals surface area contributed by atoms with E-state index in [2.05, 4.69) is 4.98 Å². The van der Waals surface area contributed by atoms with Crippen LogP contribution in [0, 0.1) is 0 Å². The predicted octanol–water partition coefficient (Wildman–Crippen LogP) is 1.76. The molecule has 0 aliphatic rings. The van der Waals surface area contributed by atoms with Crippen LogP contribution in [0.15, 0.2) is 12.3 Å². The van der Waals surface area contributed by atoms with E-state index in [0.717, 1.165) is 0 Å². The van der Waals surface area contributed by atoms with E-state index in [0.29, 0.717) is 26.5 Å². The first kappa shape index (κ1) is 11.7. The Balaban J connectivity index is 2.66. The molecule has 0 saturated carbocycles. The second-order valence-electron chi connectivity index (χ2n) is 3.86. The fraction of sp³-hybridized carbons (Fsp3) is 0.273. The number of pyridine rings is 1. The lowest BCUT2D eigenvalue weighted by Gasteiger charge is -2.10. The Hall–Kier alpha value is -1.82. The number of ether oxygens (including phenoxy) is 1. The quantitative estimate of drug-likeness (QED) is 0.869. The van der Waals surface area contributed by atoms with Crippen LogP contribution in [0.2, 0.25) is 0 Å². The van der Waals surface area contributed by atoms with Crippen LogP contribution in [-0.4, -0.2) is 17.0 Å². The van der Waals surface area contributed by atoms with Gasteiger partial charge in [-0.05, 0) is 19.9 Å². The Bertz CT molecular complexity index is 577. The summed E-state index contributed by atoms with van der Waals surface area (Å²) in [5.74, 6) is 0.0900. The minimum absolute atomic E-state index is 0.0249. The maximum Gasteiger partial charge on any atom is 0.260 e. The first-order valence-electron chi connectivity index (χ1n) is 5.14. The number of primary amides is 1. The molecule has 0 unspecified atom stereocenters. The number of nitrogens with zero attached hydrogens (tertiary/aromatic N) is 1. The summed E-state index contributed by atoms with van der Waals surface area (Å²) in [5.41, 5.74) is 11.5. The molecule has 17 heavy (non-hydrogen) atoms. The van der Waals surface area contributed by atoms with Crippen molar-refractivity contribution in [1.29, 1.82) is 0 Å². The molecule has 0 aliphatic carbocycles. The Labute approximate surface area is 102 Å². The van der Waals surface area contributed by atoms with E-state index in [1.54, 1.807) is 12.3 Å². The lowest BCUT2D eigenvalue weighted by Crippen LogP contribution is -2.11. The summed E-state index contributed by atoms with van der Waals surface area (Å²) in [6.45, 7) is 3.84. The molecule has 2 aromatic heterocycles. The molecule has 0 fully saturated rings. The van der Waals surface area contributed by atoms with Crippen molar-refractivity contribution >= 4 is 33.1 Å². The number of hydrogen-bond acceptors (Lipinski definition) is 5. The Morgan fingerprint density at radius 1 is 1.53 bits per heavy atom. The van der Waals surface area contributed by atoms with Gasteiger partial charge < -0.3 is 16.2 Å². The zero-order valence-corrected chi connectivity index (χ0v) is 10.4. The maximum absolute atomic E-state index is 11.2. The highest BCUT2D eigenvalue weighted by molar-refractivity contribution is 7.21. The van der Waals surface area contributed by atoms with Gasteiger partial charge in [0.1, 0.15) is 15.5 Å². The van der Waals surface area contributed by atoms with E-state index >= 15 is 0 Å². The van der Waals surface area contributed by atoms with Crippen LogP contribution in [0.1, 0.15) is 23.5 Å². The smallest absolute Gasteiger partial charge is 0.260 e. The largest absolute Gasteiger partial charge is 0.490 e. The van der Waals surface area contributed by atoms with Crippen molar-refractivity contribution in [3.63, 3.8) is 0 Å². The van der Waals surface area contributed by atoms with Gasteiger partial charge in [0.2, 0.25) is 0 Å². The molecule has 0 atom stereocenters. The number of nitrogens with two attached hydrogens (primary N) is 2. The summed E-state index contributed by atoms with van der Waals surface area (Å²) in [6, 6.07) is 1.73. The number of hydrogen-bond donors (Lipinski definition) is 2. The van der Waals surface area contributed by atoms with Gasteiger partial charge in [-0.25, -0.2) is 4.98 Å². The van der Waals surface area contributed by atoms with Gasteiger partial charge in [-0.1, -0.05) is 0 Å². The van der Waals surface area contributed by atoms with Gasteiger partial charge in [0, 0.05) is 6.20 Å². The third-order valence-electron chi connectivity index (χ3n) is 2.18. The van der Waals surface area contributed by atoms with Gasteiger partial charge in [-0.15, -0.1) is 11.3 Å². The molecule has 2 rings (SSSR count). The zero-order valence-electron chi connectivity index (χ0n) is 9.56. The lowest BCUT2D eigenvalue weighted by atomic mass is 10.2. The summed E-state index contributed by atoms with van der Waals surface area (Å²) < 4.78 is 5.64. The molecule has 5 nitrogen and oxygen atoms in total. The molecule has 6 heteroatoms. The first-order valence-corrected chi connectivity index (χ1v) is 5.95. The number of carbonyl (C=O) groups is 1. The molecule has 2 heterocycles. The van der Waals surface area contributed by atoms with Gasteiger partial charge in [-0.2, -0.15) is 0 Å². The van der Waals surface area contributed by atoms with E-state index in [1.165, 1.54) is 11.3 Å². The van der Waals surface area contributed by atoms with E-state index in [1.807, 2.05) is 13.8 Å². The van der Waals surface area contributed by atoms with Crippen LogP contribution in [0.3, 0.4) is 0 Å². The van der Waals surface area contributed by atoms with Crippen molar-refractivity contribution < 1.29 is 9.53 Å². The number of fused-ring (bicyclic) bond motifs is 1. The molecular formula is C11H13N3O2S. The van der Waals surface area contributed by atoms with Gasteiger partial charge in [-0.3, -0.25) is 4.79 Å². The summed E-state index contributed by atoms with van der Waals surface area (Å²) in [6.07, 6.45) is 1.65. The van der Waals surface area contributed by atoms with Crippen molar-refractivity contribution in [2.75, 3.05) is 5.73 Å². The minimum atomic E-state index is -0.541. The number of thiophene rings is 1. The standard InChI is InChI=1S/C11H13N3O2S/c1-5(2)16-6-3-4-14-11-7(6)8(12)9(17-11)10(13)15/h3-5H,12H2,1-2H3,(H2,13,15). The highest BCUT2D eigenvalue weighted by atomic mass is 32.1. The average molecular weight is 251 g/mol. The van der Waals surface area contributed by atoms with Gasteiger partial charge in [0.15, 0.2) is 0 Å². The maximum atomic E-state index is 11.2. The topological polar surface area (TPSA) is 91.2 Å². The van der Waals surface area contributed by atoms with Crippen LogP contribution < -0.4 is 16.2 Å². The van der Waals surface area contributed by atoms with Gasteiger partial charge in [0.25, 0.3) is 5.91 Å². The van der Waals surface area contributed by atoms with Crippen LogP contribution in [0.25, 0.3) is 10.2 Å². The third-order valence-corrected chi connectivity index (χ3v) is 3.31. The van der Waals surface area contributed by atoms with E-state index in [9.17, 15) is 4.79 Å². The second-order valence-corrected chi connectivity index (χ2v) is 4.86. The SMILES string of the molecule is CC(C)Oc1ccnc2sc(C(N)=O)c(N)c12. The fourth-order valence-corrected chi connectivity index (χ4v) is 2.48. The molecule has 4 N–H and O–H groups in total. The fourth-order valence-electron chi connectivity index (χ4n) is 1.55. The molecule has 0 aliphatic heterocycles. The Morgan fingerprint density at radius 3 is 2.82 bits per heavy atom. The monoisotopic (exact) mass is 251 g/mol. The normalized spacial score (nSPS) is 11.0. The van der Waals surface area contributed by atoms with Crippen molar-refractivity contribution in [3.8, 4) is 5.75 Å². The van der Waals surface area contributed by atoms with Crippen LogP contribution in [0.5, 0.6) is 5.75 Å². The van der Waals surface area contributed by atoms with E-state index in [4.69, 9.17) is 16.2 Å². The van der Waals surface area contributed by atoms with Gasteiger partial charge >= 0.3 is 0 Å². The Morgan fingerprint density at radius 2 is 2.24 bits per heavy atom. The van der Waals surface area contributed by atoms with Crippen LogP contribution in [0.4, 0.5) is 5.69 Å². The van der Waals surface area contributed by atoms with Crippen LogP contribution in [-0.2, 0) is 0 Å². The molecule has 0 aromatic carbocycles. The molecule has 0 saturated heterocycles. The summed E-state index contributed by atoms with van der Waals surface area (Å²) in [4.78, 5) is 16.4. The average Bonchev–Trinajstić information content (AvgIpc) is 2.56. The van der Waals surface area contributed by atoms with E-state index in [-0.39, 0.29) is 6.10 Å². The predicted molar refractivity (Wildman–Crippen MR) is 68.3 cm³/mol. The highest BCUT2D eigenvalue weighted by Gasteiger charge is 2.18. The number of nitrogen functional groups attached to an aromatic ring is 1. The zero-order chi connectivity index (χ0) is 12.6. The molecule has 90 valence electrons. The first-order chi connectivity index (χ1) is 8.00. The van der Waals surface area contributed by atoms with Gasteiger partial charge in [0.05, 0.1) is 17.2 Å². The van der Waals surface area contributed by atoms with E-state index < -0.39 is 5.91 Å². The Kier molecular flexibility index (Phi) is 2.89. The lowest BCUT2D eigenvalue weighted by molar-refractivity contribution is 0.100. The minimum Gasteiger partial charge on any atom is -0.490 e. The summed E-state index contributed by atoms with van der Waals surface area (Å²) in [7, 11) is 0. The third kappa shape index (κ3) is 2.03. The van der Waals surface area contributed by atoms with Crippen molar-refractivity contribution in [3.05, 3.63) is 17.1 Å². The van der Waals surface area contributed by atoms with Crippen molar-refractivity contribution in [1.82, 2.24) is 4.98 Å². The summed E-state index contributed by atoms with van der Waals surface area (Å²) >= 11 is 1.18. The number of aromatic nitrogens is 1. The number of anilines is 1. The summed E-state index contributed by atoms with van der Waals surface area (Å²) in [5, 5.41) is 0.667. The number of rotatable bonds is 3.